The number of hydrogen-bond acceptors (Lipinski definition) is 4. The molecule has 0 saturated heterocycles. The minimum atomic E-state index is -3.90. The van der Waals surface area contributed by atoms with Gasteiger partial charge in [0, 0.05) is 24.7 Å². The molecule has 0 aromatic heterocycles. The molecular weight excluding hydrogens is 450 g/mol. The number of carbonyl (C=O) groups is 2. The van der Waals surface area contributed by atoms with Gasteiger partial charge in [-0.1, -0.05) is 35.9 Å². The van der Waals surface area contributed by atoms with Crippen LogP contribution < -0.4 is 5.32 Å². The van der Waals surface area contributed by atoms with Crippen LogP contribution in [0, 0.1) is 6.92 Å². The van der Waals surface area contributed by atoms with Gasteiger partial charge in [-0.2, -0.15) is 4.31 Å². The highest BCUT2D eigenvalue weighted by atomic mass is 35.5. The van der Waals surface area contributed by atoms with E-state index in [2.05, 4.69) is 5.32 Å². The SMILES string of the molecule is Cc1ccccc1CN(C(=O)CN(C)S(=O)(=O)c1ccc(Cl)cc1)[C@@H](C)C(=O)NC(C)C. The number of sulfonamides is 1. The maximum atomic E-state index is 13.3. The number of nitrogens with zero attached hydrogens (tertiary/aromatic N) is 2. The van der Waals surface area contributed by atoms with Gasteiger partial charge in [0.05, 0.1) is 11.4 Å². The lowest BCUT2D eigenvalue weighted by Gasteiger charge is -2.31. The van der Waals surface area contributed by atoms with Crippen molar-refractivity contribution in [1.82, 2.24) is 14.5 Å². The second kappa shape index (κ2) is 10.9. The Morgan fingerprint density at radius 2 is 1.62 bits per heavy atom. The summed E-state index contributed by atoms with van der Waals surface area (Å²) in [5, 5.41) is 3.23. The van der Waals surface area contributed by atoms with Crippen LogP contribution in [0.3, 0.4) is 0 Å². The number of likely N-dealkylation sites (N-methyl/N-ethyl adjacent to an activating group) is 1. The van der Waals surface area contributed by atoms with E-state index >= 15 is 0 Å². The number of halogens is 1. The first kappa shape index (κ1) is 25.8. The molecule has 0 aliphatic rings. The van der Waals surface area contributed by atoms with Crippen LogP contribution in [0.25, 0.3) is 0 Å². The molecule has 0 unspecified atom stereocenters. The predicted molar refractivity (Wildman–Crippen MR) is 126 cm³/mol. The number of carbonyl (C=O) groups excluding carboxylic acids is 2. The van der Waals surface area contributed by atoms with Crippen LogP contribution >= 0.6 is 11.6 Å². The third kappa shape index (κ3) is 6.54. The molecule has 2 aromatic rings. The summed E-state index contributed by atoms with van der Waals surface area (Å²) in [5.74, 6) is -0.773. The first-order valence-electron chi connectivity index (χ1n) is 10.3. The topological polar surface area (TPSA) is 86.8 Å². The molecule has 0 aliphatic heterocycles. The van der Waals surface area contributed by atoms with Crippen molar-refractivity contribution in [2.24, 2.45) is 0 Å². The Bertz CT molecular complexity index is 1060. The molecule has 0 bridgehead atoms. The molecule has 0 spiro atoms. The van der Waals surface area contributed by atoms with Crippen molar-refractivity contribution in [3.8, 4) is 0 Å². The fourth-order valence-electron chi connectivity index (χ4n) is 3.11. The number of amides is 2. The number of rotatable bonds is 9. The first-order valence-corrected chi connectivity index (χ1v) is 12.1. The minimum absolute atomic E-state index is 0.0354. The van der Waals surface area contributed by atoms with Crippen LogP contribution in [0.1, 0.15) is 31.9 Å². The zero-order valence-corrected chi connectivity index (χ0v) is 20.6. The highest BCUT2D eigenvalue weighted by Gasteiger charge is 2.30. The molecule has 0 radical (unpaired) electrons. The molecule has 0 fully saturated rings. The van der Waals surface area contributed by atoms with Crippen molar-refractivity contribution in [1.29, 1.82) is 0 Å². The fourth-order valence-corrected chi connectivity index (χ4v) is 4.36. The van der Waals surface area contributed by atoms with Gasteiger partial charge in [0.25, 0.3) is 0 Å². The van der Waals surface area contributed by atoms with E-state index in [0.29, 0.717) is 5.02 Å². The molecule has 0 saturated carbocycles. The zero-order valence-electron chi connectivity index (χ0n) is 19.0. The van der Waals surface area contributed by atoms with Gasteiger partial charge < -0.3 is 10.2 Å². The Morgan fingerprint density at radius 1 is 1.03 bits per heavy atom. The normalized spacial score (nSPS) is 12.6. The minimum Gasteiger partial charge on any atom is -0.352 e. The smallest absolute Gasteiger partial charge is 0.243 e. The van der Waals surface area contributed by atoms with E-state index in [9.17, 15) is 18.0 Å². The Hall–Kier alpha value is -2.42. The van der Waals surface area contributed by atoms with Crippen molar-refractivity contribution >= 4 is 33.4 Å². The van der Waals surface area contributed by atoms with Crippen LogP contribution in [-0.4, -0.2) is 55.1 Å². The summed E-state index contributed by atoms with van der Waals surface area (Å²) in [5.41, 5.74) is 1.86. The van der Waals surface area contributed by atoms with Crippen molar-refractivity contribution in [2.45, 2.75) is 51.2 Å². The van der Waals surface area contributed by atoms with E-state index in [0.717, 1.165) is 15.4 Å². The van der Waals surface area contributed by atoms with Crippen molar-refractivity contribution in [3.63, 3.8) is 0 Å². The van der Waals surface area contributed by atoms with Gasteiger partial charge in [-0.05, 0) is 63.1 Å². The van der Waals surface area contributed by atoms with Gasteiger partial charge in [-0.15, -0.1) is 0 Å². The maximum Gasteiger partial charge on any atom is 0.243 e. The lowest BCUT2D eigenvalue weighted by molar-refractivity contribution is -0.140. The summed E-state index contributed by atoms with van der Waals surface area (Å²) < 4.78 is 26.8. The second-order valence-electron chi connectivity index (χ2n) is 8.00. The second-order valence-corrected chi connectivity index (χ2v) is 10.5. The van der Waals surface area contributed by atoms with E-state index in [1.807, 2.05) is 45.0 Å². The third-order valence-electron chi connectivity index (χ3n) is 5.08. The van der Waals surface area contributed by atoms with Crippen LogP contribution in [0.4, 0.5) is 0 Å². The fraction of sp³-hybridized carbons (Fsp3) is 0.391. The van der Waals surface area contributed by atoms with E-state index in [4.69, 9.17) is 11.6 Å². The van der Waals surface area contributed by atoms with E-state index in [1.165, 1.54) is 36.2 Å². The van der Waals surface area contributed by atoms with Gasteiger partial charge in [0.2, 0.25) is 21.8 Å². The zero-order chi connectivity index (χ0) is 24.1. The average Bonchev–Trinajstić information content (AvgIpc) is 2.72. The molecule has 1 N–H and O–H groups in total. The standard InChI is InChI=1S/C23H30ClN3O4S/c1-16(2)25-23(29)18(4)27(14-19-9-7-6-8-17(19)3)22(28)15-26(5)32(30,31)21-12-10-20(24)11-13-21/h6-13,16,18H,14-15H2,1-5H3,(H,25,29)/t18-/m0/s1. The molecule has 174 valence electrons. The molecule has 2 aromatic carbocycles. The summed E-state index contributed by atoms with van der Waals surface area (Å²) in [4.78, 5) is 27.4. The Balaban J connectivity index is 2.29. The van der Waals surface area contributed by atoms with E-state index < -0.39 is 28.5 Å². The average molecular weight is 480 g/mol. The first-order chi connectivity index (χ1) is 14.9. The molecule has 32 heavy (non-hydrogen) atoms. The van der Waals surface area contributed by atoms with Gasteiger partial charge in [0.15, 0.2) is 0 Å². The molecule has 9 heteroatoms. The van der Waals surface area contributed by atoms with E-state index in [-0.39, 0.29) is 23.4 Å². The summed E-state index contributed by atoms with van der Waals surface area (Å²) in [6.07, 6.45) is 0. The Labute approximate surface area is 195 Å². The number of hydrogen-bond donors (Lipinski definition) is 1. The lowest BCUT2D eigenvalue weighted by atomic mass is 10.1. The highest BCUT2D eigenvalue weighted by Crippen LogP contribution is 2.19. The summed E-state index contributed by atoms with van der Waals surface area (Å²) in [7, 11) is -2.56. The molecule has 7 nitrogen and oxygen atoms in total. The van der Waals surface area contributed by atoms with Crippen molar-refractivity contribution in [3.05, 3.63) is 64.7 Å². The van der Waals surface area contributed by atoms with Gasteiger partial charge in [0.1, 0.15) is 6.04 Å². The summed E-state index contributed by atoms with van der Waals surface area (Å²) in [6, 6.07) is 12.4. The van der Waals surface area contributed by atoms with E-state index in [1.54, 1.807) is 6.92 Å². The Morgan fingerprint density at radius 3 is 2.19 bits per heavy atom. The van der Waals surface area contributed by atoms with Crippen LogP contribution in [-0.2, 0) is 26.2 Å². The van der Waals surface area contributed by atoms with Crippen molar-refractivity contribution in [2.75, 3.05) is 13.6 Å². The Kier molecular flexibility index (Phi) is 8.83. The monoisotopic (exact) mass is 479 g/mol. The van der Waals surface area contributed by atoms with Crippen LogP contribution in [0.15, 0.2) is 53.4 Å². The molecule has 0 heterocycles. The maximum absolute atomic E-state index is 13.3. The molecule has 2 amide bonds. The molecule has 0 aliphatic carbocycles. The van der Waals surface area contributed by atoms with Gasteiger partial charge in [-0.25, -0.2) is 8.42 Å². The molecular formula is C23H30ClN3O4S. The van der Waals surface area contributed by atoms with Gasteiger partial charge in [-0.3, -0.25) is 9.59 Å². The quantitative estimate of drug-likeness (QED) is 0.598. The van der Waals surface area contributed by atoms with Crippen molar-refractivity contribution < 1.29 is 18.0 Å². The van der Waals surface area contributed by atoms with Crippen LogP contribution in [0.2, 0.25) is 5.02 Å². The summed E-state index contributed by atoms with van der Waals surface area (Å²) >= 11 is 5.85. The molecule has 1 atom stereocenters. The summed E-state index contributed by atoms with van der Waals surface area (Å²) in [6.45, 7) is 7.02. The highest BCUT2D eigenvalue weighted by molar-refractivity contribution is 7.89. The van der Waals surface area contributed by atoms with Gasteiger partial charge >= 0.3 is 0 Å². The predicted octanol–water partition coefficient (Wildman–Crippen LogP) is 3.21. The number of benzene rings is 2. The molecule has 2 rings (SSSR count). The third-order valence-corrected chi connectivity index (χ3v) is 7.15. The largest absolute Gasteiger partial charge is 0.352 e. The number of aryl methyl sites for hydroxylation is 1. The lowest BCUT2D eigenvalue weighted by Crippen LogP contribution is -2.51. The number of nitrogens with one attached hydrogen (secondary N) is 1. The van der Waals surface area contributed by atoms with Crippen LogP contribution in [0.5, 0.6) is 0 Å².